The van der Waals surface area contributed by atoms with Crippen LogP contribution in [0, 0.1) is 5.41 Å². The van der Waals surface area contributed by atoms with Crippen LogP contribution in [0.3, 0.4) is 0 Å². The fourth-order valence-corrected chi connectivity index (χ4v) is 2.00. The van der Waals surface area contributed by atoms with E-state index in [-0.39, 0.29) is 0 Å². The van der Waals surface area contributed by atoms with Gasteiger partial charge in [0.1, 0.15) is 0 Å². The lowest BCUT2D eigenvalue weighted by molar-refractivity contribution is -0.147. The highest BCUT2D eigenvalue weighted by Crippen LogP contribution is 2.22. The molecule has 0 aromatic heterocycles. The van der Waals surface area contributed by atoms with Crippen molar-refractivity contribution in [2.45, 2.75) is 33.2 Å². The lowest BCUT2D eigenvalue weighted by Crippen LogP contribution is -2.26. The van der Waals surface area contributed by atoms with E-state index in [9.17, 15) is 4.79 Å². The van der Waals surface area contributed by atoms with Crippen molar-refractivity contribution < 1.29 is 9.90 Å². The maximum Gasteiger partial charge on any atom is 0.309 e. The van der Waals surface area contributed by atoms with Gasteiger partial charge in [-0.05, 0) is 58.0 Å². The Morgan fingerprint density at radius 2 is 1.89 bits per heavy atom. The van der Waals surface area contributed by atoms with Gasteiger partial charge in [-0.2, -0.15) is 0 Å². The van der Waals surface area contributed by atoms with Crippen LogP contribution in [0.15, 0.2) is 24.3 Å². The monoisotopic (exact) mass is 283 g/mol. The second kappa shape index (κ2) is 6.92. The lowest BCUT2D eigenvalue weighted by atomic mass is 9.88. The van der Waals surface area contributed by atoms with Crippen LogP contribution < -0.4 is 0 Å². The van der Waals surface area contributed by atoms with Gasteiger partial charge in [0.25, 0.3) is 0 Å². The number of aliphatic carboxylic acids is 1. The van der Waals surface area contributed by atoms with Gasteiger partial charge in [-0.3, -0.25) is 4.79 Å². The Labute approximate surface area is 120 Å². The van der Waals surface area contributed by atoms with Gasteiger partial charge in [0.15, 0.2) is 0 Å². The molecule has 106 valence electrons. The van der Waals surface area contributed by atoms with E-state index in [1.165, 1.54) is 5.56 Å². The van der Waals surface area contributed by atoms with Crippen LogP contribution in [-0.4, -0.2) is 29.6 Å². The minimum Gasteiger partial charge on any atom is -0.481 e. The van der Waals surface area contributed by atoms with Crippen molar-refractivity contribution in [3.63, 3.8) is 0 Å². The van der Waals surface area contributed by atoms with Gasteiger partial charge in [-0.1, -0.05) is 23.7 Å². The Kier molecular flexibility index (Phi) is 5.83. The predicted octanol–water partition coefficient (Wildman–Crippen LogP) is 3.66. The number of carbonyl (C=O) groups is 1. The fraction of sp³-hybridized carbons (Fsp3) is 0.533. The molecule has 0 atom stereocenters. The van der Waals surface area contributed by atoms with Crippen LogP contribution in [0.25, 0.3) is 0 Å². The fourth-order valence-electron chi connectivity index (χ4n) is 1.88. The first-order chi connectivity index (χ1) is 8.81. The Morgan fingerprint density at radius 3 is 2.42 bits per heavy atom. The summed E-state index contributed by atoms with van der Waals surface area (Å²) in [5.74, 6) is -0.729. The van der Waals surface area contributed by atoms with Crippen molar-refractivity contribution in [2.75, 3.05) is 13.6 Å². The first-order valence-electron chi connectivity index (χ1n) is 6.47. The van der Waals surface area contributed by atoms with Crippen molar-refractivity contribution in [2.24, 2.45) is 5.41 Å². The first kappa shape index (κ1) is 16.0. The molecule has 0 fully saturated rings. The first-order valence-corrected chi connectivity index (χ1v) is 6.85. The third kappa shape index (κ3) is 5.62. The van der Waals surface area contributed by atoms with Gasteiger partial charge >= 0.3 is 5.97 Å². The molecule has 1 aromatic rings. The number of hydrogen-bond acceptors (Lipinski definition) is 2. The molecule has 3 nitrogen and oxygen atoms in total. The molecule has 1 aromatic carbocycles. The SMILES string of the molecule is CN(CCCC(C)(C)C(=O)O)Cc1ccc(Cl)cc1. The van der Waals surface area contributed by atoms with Gasteiger partial charge in [-0.15, -0.1) is 0 Å². The molecule has 0 amide bonds. The molecule has 0 radical (unpaired) electrons. The molecule has 0 aliphatic heterocycles. The Hall–Kier alpha value is -1.06. The molecule has 1 N–H and O–H groups in total. The topological polar surface area (TPSA) is 40.5 Å². The molecule has 4 heteroatoms. The van der Waals surface area contributed by atoms with Crippen LogP contribution in [0.2, 0.25) is 5.02 Å². The summed E-state index contributed by atoms with van der Waals surface area (Å²) in [5.41, 5.74) is 0.575. The molecule has 0 unspecified atom stereocenters. The number of hydrogen-bond donors (Lipinski definition) is 1. The summed E-state index contributed by atoms with van der Waals surface area (Å²) in [7, 11) is 2.04. The van der Waals surface area contributed by atoms with E-state index in [2.05, 4.69) is 4.90 Å². The summed E-state index contributed by atoms with van der Waals surface area (Å²) in [5, 5.41) is 9.79. The largest absolute Gasteiger partial charge is 0.481 e. The maximum atomic E-state index is 11.0. The number of carboxylic acids is 1. The summed E-state index contributed by atoms with van der Waals surface area (Å²) >= 11 is 5.84. The molecule has 0 aliphatic carbocycles. The number of nitrogens with zero attached hydrogens (tertiary/aromatic N) is 1. The number of carboxylic acid groups (broad SMARTS) is 1. The summed E-state index contributed by atoms with van der Waals surface area (Å²) in [4.78, 5) is 13.2. The van der Waals surface area contributed by atoms with E-state index in [1.807, 2.05) is 31.3 Å². The third-order valence-electron chi connectivity index (χ3n) is 3.29. The molecule has 0 heterocycles. The minimum absolute atomic E-state index is 0.638. The molecular formula is C15H22ClNO2. The van der Waals surface area contributed by atoms with E-state index in [0.29, 0.717) is 6.42 Å². The van der Waals surface area contributed by atoms with Crippen molar-refractivity contribution >= 4 is 17.6 Å². The smallest absolute Gasteiger partial charge is 0.309 e. The zero-order valence-electron chi connectivity index (χ0n) is 11.8. The highest BCUT2D eigenvalue weighted by Gasteiger charge is 2.26. The van der Waals surface area contributed by atoms with Crippen LogP contribution in [0.4, 0.5) is 0 Å². The van der Waals surface area contributed by atoms with Crippen molar-refractivity contribution in [1.29, 1.82) is 0 Å². The van der Waals surface area contributed by atoms with Gasteiger partial charge in [0, 0.05) is 11.6 Å². The lowest BCUT2D eigenvalue weighted by Gasteiger charge is -2.21. The third-order valence-corrected chi connectivity index (χ3v) is 3.54. The van der Waals surface area contributed by atoms with Crippen molar-refractivity contribution in [3.8, 4) is 0 Å². The van der Waals surface area contributed by atoms with Gasteiger partial charge in [-0.25, -0.2) is 0 Å². The van der Waals surface area contributed by atoms with E-state index >= 15 is 0 Å². The van der Waals surface area contributed by atoms with Crippen molar-refractivity contribution in [3.05, 3.63) is 34.9 Å². The molecule has 1 rings (SSSR count). The second-order valence-electron chi connectivity index (χ2n) is 5.66. The summed E-state index contributed by atoms with van der Waals surface area (Å²) in [6.07, 6.45) is 1.57. The Balaban J connectivity index is 2.34. The van der Waals surface area contributed by atoms with Crippen LogP contribution >= 0.6 is 11.6 Å². The van der Waals surface area contributed by atoms with Crippen LogP contribution in [-0.2, 0) is 11.3 Å². The Morgan fingerprint density at radius 1 is 1.32 bits per heavy atom. The predicted molar refractivity (Wildman–Crippen MR) is 78.4 cm³/mol. The van der Waals surface area contributed by atoms with Gasteiger partial charge in [0.05, 0.1) is 5.41 Å². The zero-order chi connectivity index (χ0) is 14.5. The van der Waals surface area contributed by atoms with E-state index in [0.717, 1.165) is 24.5 Å². The number of rotatable bonds is 7. The second-order valence-corrected chi connectivity index (χ2v) is 6.09. The van der Waals surface area contributed by atoms with Crippen molar-refractivity contribution in [1.82, 2.24) is 4.90 Å². The Bertz CT molecular complexity index is 415. The normalized spacial score (nSPS) is 11.8. The summed E-state index contributed by atoms with van der Waals surface area (Å²) in [6.45, 7) is 5.28. The summed E-state index contributed by atoms with van der Waals surface area (Å²) in [6, 6.07) is 7.80. The minimum atomic E-state index is -0.729. The highest BCUT2D eigenvalue weighted by atomic mass is 35.5. The molecule has 0 saturated heterocycles. The number of halogens is 1. The molecule has 0 spiro atoms. The van der Waals surface area contributed by atoms with E-state index < -0.39 is 11.4 Å². The van der Waals surface area contributed by atoms with E-state index in [1.54, 1.807) is 13.8 Å². The standard InChI is InChI=1S/C15H22ClNO2/c1-15(2,14(18)19)9-4-10-17(3)11-12-5-7-13(16)8-6-12/h5-8H,4,9-11H2,1-3H3,(H,18,19). The molecule has 0 aliphatic rings. The molecule has 0 saturated carbocycles. The highest BCUT2D eigenvalue weighted by molar-refractivity contribution is 6.30. The van der Waals surface area contributed by atoms with Gasteiger partial charge < -0.3 is 10.0 Å². The molecule has 19 heavy (non-hydrogen) atoms. The average Bonchev–Trinajstić information content (AvgIpc) is 2.31. The zero-order valence-corrected chi connectivity index (χ0v) is 12.6. The maximum absolute atomic E-state index is 11.0. The van der Waals surface area contributed by atoms with Crippen LogP contribution in [0.1, 0.15) is 32.3 Å². The summed E-state index contributed by atoms with van der Waals surface area (Å²) < 4.78 is 0. The van der Waals surface area contributed by atoms with E-state index in [4.69, 9.17) is 16.7 Å². The molecular weight excluding hydrogens is 262 g/mol. The van der Waals surface area contributed by atoms with Gasteiger partial charge in [0.2, 0.25) is 0 Å². The van der Waals surface area contributed by atoms with Crippen LogP contribution in [0.5, 0.6) is 0 Å². The molecule has 0 bridgehead atoms. The average molecular weight is 284 g/mol. The quantitative estimate of drug-likeness (QED) is 0.830. The number of benzene rings is 1.